The molecule has 0 aliphatic rings. The second-order valence-electron chi connectivity index (χ2n) is 3.70. The summed E-state index contributed by atoms with van der Waals surface area (Å²) < 4.78 is 39.3. The zero-order valence-electron chi connectivity index (χ0n) is 10.1. The molecule has 1 rings (SSSR count). The molecule has 0 saturated carbocycles. The molecule has 0 heterocycles. The second kappa shape index (κ2) is 6.31. The average molecular weight is 349 g/mol. The fourth-order valence-electron chi connectivity index (χ4n) is 1.47. The van der Waals surface area contributed by atoms with Gasteiger partial charge in [-0.2, -0.15) is 4.31 Å². The third kappa shape index (κ3) is 3.43. The van der Waals surface area contributed by atoms with E-state index in [2.05, 4.69) is 29.1 Å². The molecule has 0 amide bonds. The highest BCUT2D eigenvalue weighted by Crippen LogP contribution is 2.28. The van der Waals surface area contributed by atoms with Crippen LogP contribution < -0.4 is 5.73 Å². The lowest BCUT2D eigenvalue weighted by Crippen LogP contribution is -2.32. The van der Waals surface area contributed by atoms with Gasteiger partial charge in [0.25, 0.3) is 0 Å². The number of nitrogen functional groups attached to an aromatic ring is 1. The molecule has 1 aromatic carbocycles. The van der Waals surface area contributed by atoms with Crippen LogP contribution in [-0.2, 0) is 10.0 Å². The van der Waals surface area contributed by atoms with Gasteiger partial charge in [-0.05, 0) is 28.1 Å². The maximum absolute atomic E-state index is 13.3. The summed E-state index contributed by atoms with van der Waals surface area (Å²) in [7, 11) is -3.83. The maximum Gasteiger partial charge on any atom is 0.245 e. The van der Waals surface area contributed by atoms with Crippen LogP contribution in [0.4, 0.5) is 10.1 Å². The van der Waals surface area contributed by atoms with Crippen molar-refractivity contribution in [2.75, 3.05) is 18.8 Å². The van der Waals surface area contributed by atoms with Crippen molar-refractivity contribution < 1.29 is 12.8 Å². The van der Waals surface area contributed by atoms with E-state index in [0.29, 0.717) is 0 Å². The van der Waals surface area contributed by atoms with Gasteiger partial charge in [0, 0.05) is 13.1 Å². The second-order valence-corrected chi connectivity index (χ2v) is 6.46. The lowest BCUT2D eigenvalue weighted by atomic mass is 10.3. The smallest absolute Gasteiger partial charge is 0.245 e. The number of benzene rings is 1. The van der Waals surface area contributed by atoms with E-state index >= 15 is 0 Å². The summed E-state index contributed by atoms with van der Waals surface area (Å²) in [6, 6.07) is 2.12. The first-order valence-electron chi connectivity index (χ1n) is 5.31. The Hall–Kier alpha value is -1.18. The number of nitrogens with two attached hydrogens (primary N) is 1. The van der Waals surface area contributed by atoms with Crippen molar-refractivity contribution in [2.45, 2.75) is 4.90 Å². The number of hydrogen-bond donors (Lipinski definition) is 1. The molecule has 19 heavy (non-hydrogen) atoms. The standard InChI is InChI=1S/C12H14BrFN2O2S/c1-3-5-16(6-4-2)19(17,18)12-7-9(13)10(14)8-11(12)15/h3-4,7-8H,1-2,5-6,15H2. The highest BCUT2D eigenvalue weighted by atomic mass is 79.9. The van der Waals surface area contributed by atoms with Crippen LogP contribution in [0.5, 0.6) is 0 Å². The van der Waals surface area contributed by atoms with Crippen LogP contribution in [0, 0.1) is 5.82 Å². The molecule has 0 bridgehead atoms. The summed E-state index contributed by atoms with van der Waals surface area (Å²) >= 11 is 2.95. The molecule has 0 aromatic heterocycles. The van der Waals surface area contributed by atoms with Crippen LogP contribution in [0.1, 0.15) is 0 Å². The Kier molecular flexibility index (Phi) is 5.28. The Labute approximate surface area is 120 Å². The zero-order chi connectivity index (χ0) is 14.6. The Morgan fingerprint density at radius 1 is 1.32 bits per heavy atom. The molecule has 0 spiro atoms. The predicted molar refractivity (Wildman–Crippen MR) is 77.7 cm³/mol. The minimum absolute atomic E-state index is 0.0393. The highest BCUT2D eigenvalue weighted by Gasteiger charge is 2.25. The van der Waals surface area contributed by atoms with E-state index in [1.165, 1.54) is 12.2 Å². The van der Waals surface area contributed by atoms with Gasteiger partial charge in [0.2, 0.25) is 10.0 Å². The molecule has 4 nitrogen and oxygen atoms in total. The zero-order valence-corrected chi connectivity index (χ0v) is 12.5. The molecule has 0 radical (unpaired) electrons. The van der Waals surface area contributed by atoms with Gasteiger partial charge in [-0.3, -0.25) is 0 Å². The van der Waals surface area contributed by atoms with Crippen molar-refractivity contribution in [1.29, 1.82) is 0 Å². The number of anilines is 1. The monoisotopic (exact) mass is 348 g/mol. The van der Waals surface area contributed by atoms with Crippen LogP contribution in [0.25, 0.3) is 0 Å². The van der Waals surface area contributed by atoms with Gasteiger partial charge in [0.05, 0.1) is 10.2 Å². The van der Waals surface area contributed by atoms with Gasteiger partial charge in [0.1, 0.15) is 10.7 Å². The van der Waals surface area contributed by atoms with E-state index in [9.17, 15) is 12.8 Å². The van der Waals surface area contributed by atoms with E-state index in [4.69, 9.17) is 5.73 Å². The van der Waals surface area contributed by atoms with Crippen LogP contribution in [0.2, 0.25) is 0 Å². The Morgan fingerprint density at radius 2 is 1.84 bits per heavy atom. The topological polar surface area (TPSA) is 63.4 Å². The molecule has 0 unspecified atom stereocenters. The largest absolute Gasteiger partial charge is 0.398 e. The van der Waals surface area contributed by atoms with Gasteiger partial charge in [-0.15, -0.1) is 13.2 Å². The summed E-state index contributed by atoms with van der Waals surface area (Å²) in [5.41, 5.74) is 5.45. The highest BCUT2D eigenvalue weighted by molar-refractivity contribution is 9.10. The van der Waals surface area contributed by atoms with Gasteiger partial charge >= 0.3 is 0 Å². The van der Waals surface area contributed by atoms with Crippen molar-refractivity contribution in [3.05, 3.63) is 47.7 Å². The number of sulfonamides is 1. The molecule has 1 aromatic rings. The molecule has 7 heteroatoms. The normalized spacial score (nSPS) is 11.5. The fourth-order valence-corrected chi connectivity index (χ4v) is 3.47. The number of nitrogens with zero attached hydrogens (tertiary/aromatic N) is 1. The van der Waals surface area contributed by atoms with Crippen molar-refractivity contribution in [3.63, 3.8) is 0 Å². The fraction of sp³-hybridized carbons (Fsp3) is 0.167. The number of hydrogen-bond acceptors (Lipinski definition) is 3. The molecule has 0 aliphatic heterocycles. The third-order valence-corrected chi connectivity index (χ3v) is 4.83. The molecule has 0 atom stereocenters. The first-order chi connectivity index (χ1) is 8.84. The van der Waals surface area contributed by atoms with Crippen molar-refractivity contribution >= 4 is 31.6 Å². The van der Waals surface area contributed by atoms with E-state index in [1.807, 2.05) is 0 Å². The van der Waals surface area contributed by atoms with Gasteiger partial charge in [-0.1, -0.05) is 12.2 Å². The summed E-state index contributed by atoms with van der Waals surface area (Å²) in [6.07, 6.45) is 2.91. The van der Waals surface area contributed by atoms with Crippen LogP contribution >= 0.6 is 15.9 Å². The Balaban J connectivity index is 3.36. The third-order valence-electron chi connectivity index (χ3n) is 2.34. The van der Waals surface area contributed by atoms with E-state index in [0.717, 1.165) is 16.4 Å². The van der Waals surface area contributed by atoms with Gasteiger partial charge in [-0.25, -0.2) is 12.8 Å². The predicted octanol–water partition coefficient (Wildman–Crippen LogP) is 2.53. The van der Waals surface area contributed by atoms with Crippen LogP contribution in [-0.4, -0.2) is 25.8 Å². The molecular weight excluding hydrogens is 335 g/mol. The van der Waals surface area contributed by atoms with E-state index < -0.39 is 15.8 Å². The van der Waals surface area contributed by atoms with Crippen LogP contribution in [0.3, 0.4) is 0 Å². The van der Waals surface area contributed by atoms with E-state index in [1.54, 1.807) is 0 Å². The van der Waals surface area contributed by atoms with Crippen molar-refractivity contribution in [2.24, 2.45) is 0 Å². The summed E-state index contributed by atoms with van der Waals surface area (Å²) in [5, 5.41) is 0. The lowest BCUT2D eigenvalue weighted by Gasteiger charge is -2.20. The molecule has 0 aliphatic carbocycles. The quantitative estimate of drug-likeness (QED) is 0.634. The molecule has 2 N–H and O–H groups in total. The van der Waals surface area contributed by atoms with Crippen molar-refractivity contribution in [3.8, 4) is 0 Å². The van der Waals surface area contributed by atoms with Gasteiger partial charge < -0.3 is 5.73 Å². The molecular formula is C12H14BrFN2O2S. The minimum atomic E-state index is -3.83. The van der Waals surface area contributed by atoms with Crippen molar-refractivity contribution in [1.82, 2.24) is 4.31 Å². The molecule has 0 fully saturated rings. The van der Waals surface area contributed by atoms with Crippen LogP contribution in [0.15, 0.2) is 46.8 Å². The average Bonchev–Trinajstić information content (AvgIpc) is 2.33. The summed E-state index contributed by atoms with van der Waals surface area (Å²) in [4.78, 5) is -0.149. The number of halogens is 2. The minimum Gasteiger partial charge on any atom is -0.398 e. The molecule has 0 saturated heterocycles. The Bertz CT molecular complexity index is 592. The lowest BCUT2D eigenvalue weighted by molar-refractivity contribution is 0.474. The summed E-state index contributed by atoms with van der Waals surface area (Å²) in [5.74, 6) is -0.615. The Morgan fingerprint density at radius 3 is 2.32 bits per heavy atom. The SMILES string of the molecule is C=CCN(CC=C)S(=O)(=O)c1cc(Br)c(F)cc1N. The van der Waals surface area contributed by atoms with Gasteiger partial charge in [0.15, 0.2) is 0 Å². The maximum atomic E-state index is 13.3. The van der Waals surface area contributed by atoms with E-state index in [-0.39, 0.29) is 28.1 Å². The number of rotatable bonds is 6. The summed E-state index contributed by atoms with van der Waals surface area (Å²) in [6.45, 7) is 7.23. The molecule has 104 valence electrons. The first-order valence-corrected chi connectivity index (χ1v) is 7.54. The first kappa shape index (κ1) is 15.9.